The molecule has 21 heavy (non-hydrogen) atoms. The highest BCUT2D eigenvalue weighted by atomic mass is 19.1. The number of nitrogens with zero attached hydrogens (tertiary/aromatic N) is 1. The minimum absolute atomic E-state index is 0.0251. The van der Waals surface area contributed by atoms with Gasteiger partial charge in [0.15, 0.2) is 0 Å². The summed E-state index contributed by atoms with van der Waals surface area (Å²) in [6.45, 7) is 6.22. The van der Waals surface area contributed by atoms with Crippen molar-refractivity contribution in [1.29, 1.82) is 0 Å². The number of likely N-dealkylation sites (tertiary alicyclic amines) is 1. The first-order valence-electron chi connectivity index (χ1n) is 7.09. The Morgan fingerprint density at radius 1 is 1.48 bits per heavy atom. The maximum atomic E-state index is 13.6. The highest BCUT2D eigenvalue weighted by Crippen LogP contribution is 2.40. The Kier molecular flexibility index (Phi) is 4.30. The lowest BCUT2D eigenvalue weighted by atomic mass is 9.90. The van der Waals surface area contributed by atoms with Gasteiger partial charge < -0.3 is 10.0 Å². The molecule has 1 heterocycles. The lowest BCUT2D eigenvalue weighted by Gasteiger charge is -2.29. The van der Waals surface area contributed by atoms with Crippen LogP contribution in [0.4, 0.5) is 4.39 Å². The van der Waals surface area contributed by atoms with Crippen molar-refractivity contribution in [2.45, 2.75) is 33.2 Å². The number of carbonyl (C=O) groups excluding carboxylic acids is 1. The summed E-state index contributed by atoms with van der Waals surface area (Å²) in [5.74, 6) is -2.20. The second-order valence-corrected chi connectivity index (χ2v) is 6.03. The fraction of sp³-hybridized carbons (Fsp3) is 0.500. The van der Waals surface area contributed by atoms with E-state index in [1.165, 1.54) is 12.1 Å². The summed E-state index contributed by atoms with van der Waals surface area (Å²) in [4.78, 5) is 25.2. The molecule has 1 aliphatic rings. The molecule has 0 radical (unpaired) electrons. The summed E-state index contributed by atoms with van der Waals surface area (Å²) in [5, 5.41) is 9.40. The van der Waals surface area contributed by atoms with Gasteiger partial charge in [-0.25, -0.2) is 4.39 Å². The van der Waals surface area contributed by atoms with Gasteiger partial charge in [-0.2, -0.15) is 0 Å². The minimum Gasteiger partial charge on any atom is -0.481 e. The van der Waals surface area contributed by atoms with E-state index in [1.807, 2.05) is 20.8 Å². The highest BCUT2D eigenvalue weighted by Gasteiger charge is 2.45. The largest absolute Gasteiger partial charge is 0.481 e. The van der Waals surface area contributed by atoms with Crippen LogP contribution >= 0.6 is 0 Å². The third-order valence-electron chi connectivity index (χ3n) is 3.87. The van der Waals surface area contributed by atoms with E-state index in [9.17, 15) is 19.1 Å². The van der Waals surface area contributed by atoms with Crippen LogP contribution in [0.25, 0.3) is 0 Å². The van der Waals surface area contributed by atoms with Gasteiger partial charge >= 0.3 is 5.97 Å². The Balaban J connectivity index is 2.48. The average Bonchev–Trinajstić information content (AvgIpc) is 2.70. The van der Waals surface area contributed by atoms with Gasteiger partial charge in [0.25, 0.3) is 0 Å². The van der Waals surface area contributed by atoms with E-state index in [0.717, 1.165) is 5.56 Å². The first-order chi connectivity index (χ1) is 9.81. The molecule has 1 aromatic rings. The van der Waals surface area contributed by atoms with Crippen LogP contribution in [0.3, 0.4) is 0 Å². The number of benzene rings is 1. The first kappa shape index (κ1) is 15.5. The lowest BCUT2D eigenvalue weighted by Crippen LogP contribution is -2.34. The smallest absolute Gasteiger partial charge is 0.309 e. The molecule has 0 aliphatic carbocycles. The monoisotopic (exact) mass is 293 g/mol. The minimum atomic E-state index is -1.01. The van der Waals surface area contributed by atoms with Crippen LogP contribution in [0.5, 0.6) is 0 Å². The van der Waals surface area contributed by atoms with Crippen LogP contribution in [0.2, 0.25) is 0 Å². The maximum Gasteiger partial charge on any atom is 0.309 e. The van der Waals surface area contributed by atoms with E-state index in [0.29, 0.717) is 12.1 Å². The Labute approximate surface area is 123 Å². The molecule has 2 rings (SSSR count). The van der Waals surface area contributed by atoms with Crippen LogP contribution in [0, 0.1) is 24.6 Å². The van der Waals surface area contributed by atoms with E-state index < -0.39 is 23.7 Å². The third-order valence-corrected chi connectivity index (χ3v) is 3.87. The molecule has 0 bridgehead atoms. The van der Waals surface area contributed by atoms with Gasteiger partial charge in [-0.05, 0) is 36.1 Å². The molecule has 2 atom stereocenters. The van der Waals surface area contributed by atoms with Crippen LogP contribution < -0.4 is 0 Å². The SMILES string of the molecule is Cc1ccc(F)cc1C1C(C(=O)O)CC(=O)N1CC(C)C. The summed E-state index contributed by atoms with van der Waals surface area (Å²) < 4.78 is 13.6. The van der Waals surface area contributed by atoms with Crippen molar-refractivity contribution in [2.24, 2.45) is 11.8 Å². The number of hydrogen-bond donors (Lipinski definition) is 1. The Hall–Kier alpha value is -1.91. The molecule has 1 amide bonds. The number of carboxylic acids is 1. The predicted octanol–water partition coefficient (Wildman–Crippen LogP) is 2.76. The van der Waals surface area contributed by atoms with Gasteiger partial charge in [-0.3, -0.25) is 9.59 Å². The van der Waals surface area contributed by atoms with Crippen LogP contribution in [-0.2, 0) is 9.59 Å². The number of carboxylic acid groups (broad SMARTS) is 1. The zero-order chi connectivity index (χ0) is 15.7. The fourth-order valence-corrected chi connectivity index (χ4v) is 2.94. The summed E-state index contributed by atoms with van der Waals surface area (Å²) in [6.07, 6.45) is -0.0251. The van der Waals surface area contributed by atoms with E-state index in [-0.39, 0.29) is 18.2 Å². The molecule has 1 fully saturated rings. The number of halogens is 1. The normalized spacial score (nSPS) is 22.1. The Morgan fingerprint density at radius 3 is 2.71 bits per heavy atom. The molecule has 0 spiro atoms. The van der Waals surface area contributed by atoms with Crippen molar-refractivity contribution < 1.29 is 19.1 Å². The zero-order valence-corrected chi connectivity index (χ0v) is 12.5. The quantitative estimate of drug-likeness (QED) is 0.928. The summed E-state index contributed by atoms with van der Waals surface area (Å²) in [6, 6.07) is 3.73. The molecule has 1 N–H and O–H groups in total. The number of amides is 1. The fourth-order valence-electron chi connectivity index (χ4n) is 2.94. The van der Waals surface area contributed by atoms with E-state index in [1.54, 1.807) is 11.0 Å². The second kappa shape index (κ2) is 5.84. The molecule has 4 nitrogen and oxygen atoms in total. The number of rotatable bonds is 4. The molecular weight excluding hydrogens is 273 g/mol. The lowest BCUT2D eigenvalue weighted by molar-refractivity contribution is -0.142. The van der Waals surface area contributed by atoms with Crippen molar-refractivity contribution in [2.75, 3.05) is 6.54 Å². The van der Waals surface area contributed by atoms with Crippen LogP contribution in [0.1, 0.15) is 37.4 Å². The Morgan fingerprint density at radius 2 is 2.14 bits per heavy atom. The summed E-state index contributed by atoms with van der Waals surface area (Å²) in [7, 11) is 0. The van der Waals surface area contributed by atoms with E-state index >= 15 is 0 Å². The Bertz CT molecular complexity index is 571. The molecule has 5 heteroatoms. The molecule has 0 saturated carbocycles. The maximum absolute atomic E-state index is 13.6. The molecule has 0 aromatic heterocycles. The third kappa shape index (κ3) is 3.06. The topological polar surface area (TPSA) is 57.6 Å². The van der Waals surface area contributed by atoms with Crippen molar-refractivity contribution >= 4 is 11.9 Å². The van der Waals surface area contributed by atoms with E-state index in [2.05, 4.69) is 0 Å². The van der Waals surface area contributed by atoms with Crippen molar-refractivity contribution in [3.8, 4) is 0 Å². The van der Waals surface area contributed by atoms with Crippen LogP contribution in [0.15, 0.2) is 18.2 Å². The van der Waals surface area contributed by atoms with Crippen molar-refractivity contribution in [1.82, 2.24) is 4.90 Å². The summed E-state index contributed by atoms with van der Waals surface area (Å²) >= 11 is 0. The molecule has 1 aromatic carbocycles. The average molecular weight is 293 g/mol. The molecule has 114 valence electrons. The van der Waals surface area contributed by atoms with Crippen LogP contribution in [-0.4, -0.2) is 28.4 Å². The number of aliphatic carboxylic acids is 1. The zero-order valence-electron chi connectivity index (χ0n) is 12.5. The van der Waals surface area contributed by atoms with Gasteiger partial charge in [0.05, 0.1) is 12.0 Å². The second-order valence-electron chi connectivity index (χ2n) is 6.03. The summed E-state index contributed by atoms with van der Waals surface area (Å²) in [5.41, 5.74) is 1.39. The molecule has 2 unspecified atom stereocenters. The van der Waals surface area contributed by atoms with Gasteiger partial charge in [0.2, 0.25) is 5.91 Å². The standard InChI is InChI=1S/C16H20FNO3/c1-9(2)8-18-14(19)7-13(16(20)21)15(18)12-6-11(17)5-4-10(12)3/h4-6,9,13,15H,7-8H2,1-3H3,(H,20,21). The van der Waals surface area contributed by atoms with Gasteiger partial charge in [-0.1, -0.05) is 19.9 Å². The van der Waals surface area contributed by atoms with Crippen molar-refractivity contribution in [3.63, 3.8) is 0 Å². The van der Waals surface area contributed by atoms with E-state index in [4.69, 9.17) is 0 Å². The first-order valence-corrected chi connectivity index (χ1v) is 7.09. The van der Waals surface area contributed by atoms with Crippen molar-refractivity contribution in [3.05, 3.63) is 35.1 Å². The predicted molar refractivity (Wildman–Crippen MR) is 76.2 cm³/mol. The van der Waals surface area contributed by atoms with Gasteiger partial charge in [-0.15, -0.1) is 0 Å². The number of carbonyl (C=O) groups is 2. The van der Waals surface area contributed by atoms with Gasteiger partial charge in [0, 0.05) is 13.0 Å². The molecule has 1 aliphatic heterocycles. The number of aryl methyl sites for hydroxylation is 1. The highest BCUT2D eigenvalue weighted by molar-refractivity contribution is 5.87. The molecular formula is C16H20FNO3. The molecule has 1 saturated heterocycles. The van der Waals surface area contributed by atoms with Gasteiger partial charge in [0.1, 0.15) is 5.82 Å². The number of hydrogen-bond acceptors (Lipinski definition) is 2.